The van der Waals surface area contributed by atoms with Crippen molar-refractivity contribution in [3.8, 4) is 0 Å². The van der Waals surface area contributed by atoms with Crippen LogP contribution in [0.15, 0.2) is 36.5 Å². The molecular formula is C41H77NO5. The molecule has 4 atom stereocenters. The lowest BCUT2D eigenvalue weighted by molar-refractivity contribution is -0.132. The van der Waals surface area contributed by atoms with Crippen LogP contribution in [0.5, 0.6) is 0 Å². The van der Waals surface area contributed by atoms with Gasteiger partial charge in [0.15, 0.2) is 0 Å². The predicted molar refractivity (Wildman–Crippen MR) is 200 cm³/mol. The van der Waals surface area contributed by atoms with Crippen LogP contribution in [0.4, 0.5) is 0 Å². The van der Waals surface area contributed by atoms with Crippen molar-refractivity contribution in [3.05, 3.63) is 36.5 Å². The number of aliphatic hydroxyl groups excluding tert-OH is 4. The summed E-state index contributed by atoms with van der Waals surface area (Å²) < 4.78 is 0. The molecule has 0 aliphatic carbocycles. The standard InChI is InChI=1S/C41H77NO5/c1-3-5-7-9-11-13-14-15-16-17-18-19-20-21-22-23-24-25-26-27-29-31-33-35-39(45)41(47)42-37(36-43)40(46)38(44)34-32-30-28-12-10-8-6-4-2/h4,6,12,21-22,28,37-40,43-46H,3,5,7-11,13-20,23-27,29-36H2,1-2H3,(H,42,47)/b6-4+,22-21-,28-12+. The summed E-state index contributed by atoms with van der Waals surface area (Å²) in [7, 11) is 0. The fraction of sp³-hybridized carbons (Fsp3) is 0.829. The lowest BCUT2D eigenvalue weighted by atomic mass is 10.00. The van der Waals surface area contributed by atoms with E-state index in [2.05, 4.69) is 42.6 Å². The highest BCUT2D eigenvalue weighted by Crippen LogP contribution is 2.15. The predicted octanol–water partition coefficient (Wildman–Crippen LogP) is 9.79. The Hall–Kier alpha value is -1.47. The van der Waals surface area contributed by atoms with Gasteiger partial charge in [0.25, 0.3) is 0 Å². The van der Waals surface area contributed by atoms with Gasteiger partial charge in [-0.1, -0.05) is 153 Å². The second-order valence-corrected chi connectivity index (χ2v) is 13.6. The first-order chi connectivity index (χ1) is 23.0. The largest absolute Gasteiger partial charge is 0.394 e. The van der Waals surface area contributed by atoms with Crippen LogP contribution in [0.25, 0.3) is 0 Å². The SMILES string of the molecule is C/C=C/CC/C=C/CCCC(O)C(O)C(CO)NC(=O)C(O)CCCCCCCCC/C=C\CCCCCCCCCCCCCC. The molecule has 0 spiro atoms. The highest BCUT2D eigenvalue weighted by molar-refractivity contribution is 5.80. The summed E-state index contributed by atoms with van der Waals surface area (Å²) in [6.07, 6.45) is 40.7. The Morgan fingerprint density at radius 3 is 1.47 bits per heavy atom. The highest BCUT2D eigenvalue weighted by atomic mass is 16.3. The summed E-state index contributed by atoms with van der Waals surface area (Å²) in [4.78, 5) is 12.4. The number of nitrogens with one attached hydrogen (secondary N) is 1. The lowest BCUT2D eigenvalue weighted by Crippen LogP contribution is -2.53. The van der Waals surface area contributed by atoms with Crippen LogP contribution < -0.4 is 5.32 Å². The van der Waals surface area contributed by atoms with Gasteiger partial charge >= 0.3 is 0 Å². The maximum absolute atomic E-state index is 12.4. The molecule has 4 unspecified atom stereocenters. The molecule has 0 aromatic rings. The number of hydrogen-bond donors (Lipinski definition) is 5. The average molecular weight is 664 g/mol. The molecular weight excluding hydrogens is 586 g/mol. The number of carbonyl (C=O) groups is 1. The van der Waals surface area contributed by atoms with Crippen LogP contribution in [0.2, 0.25) is 0 Å². The molecule has 0 fully saturated rings. The summed E-state index contributed by atoms with van der Waals surface area (Å²) in [5.74, 6) is -0.605. The molecule has 0 heterocycles. The van der Waals surface area contributed by atoms with Gasteiger partial charge in [-0.15, -0.1) is 0 Å². The van der Waals surface area contributed by atoms with E-state index < -0.39 is 36.9 Å². The molecule has 0 bridgehead atoms. The Kier molecular flexibility index (Phi) is 34.7. The minimum absolute atomic E-state index is 0.354. The van der Waals surface area contributed by atoms with E-state index in [0.717, 1.165) is 38.5 Å². The molecule has 0 saturated carbocycles. The summed E-state index contributed by atoms with van der Waals surface area (Å²) >= 11 is 0. The molecule has 1 amide bonds. The summed E-state index contributed by atoms with van der Waals surface area (Å²) in [6.45, 7) is 3.78. The molecule has 276 valence electrons. The highest BCUT2D eigenvalue weighted by Gasteiger charge is 2.28. The first kappa shape index (κ1) is 45.5. The molecule has 0 aromatic heterocycles. The molecule has 0 aliphatic heterocycles. The second kappa shape index (κ2) is 35.8. The van der Waals surface area contributed by atoms with Crippen LogP contribution in [-0.4, -0.2) is 57.3 Å². The van der Waals surface area contributed by atoms with E-state index in [0.29, 0.717) is 19.3 Å². The van der Waals surface area contributed by atoms with Crippen LogP contribution in [0.3, 0.4) is 0 Å². The quantitative estimate of drug-likeness (QED) is 0.0343. The van der Waals surface area contributed by atoms with E-state index in [4.69, 9.17) is 0 Å². The summed E-state index contributed by atoms with van der Waals surface area (Å²) in [5.41, 5.74) is 0. The minimum atomic E-state index is -1.29. The van der Waals surface area contributed by atoms with Gasteiger partial charge < -0.3 is 25.7 Å². The van der Waals surface area contributed by atoms with Gasteiger partial charge in [-0.3, -0.25) is 4.79 Å². The van der Waals surface area contributed by atoms with Crippen molar-refractivity contribution in [1.82, 2.24) is 5.32 Å². The smallest absolute Gasteiger partial charge is 0.249 e. The van der Waals surface area contributed by atoms with E-state index in [1.807, 2.05) is 13.0 Å². The van der Waals surface area contributed by atoms with Crippen LogP contribution >= 0.6 is 0 Å². The first-order valence-electron chi connectivity index (χ1n) is 19.8. The number of carbonyl (C=O) groups excluding carboxylic acids is 1. The maximum atomic E-state index is 12.4. The van der Waals surface area contributed by atoms with Crippen molar-refractivity contribution in [3.63, 3.8) is 0 Å². The van der Waals surface area contributed by atoms with Gasteiger partial charge in [-0.05, 0) is 71.1 Å². The third-order valence-electron chi connectivity index (χ3n) is 9.15. The summed E-state index contributed by atoms with van der Waals surface area (Å²) in [5, 5.41) is 43.2. The van der Waals surface area contributed by atoms with E-state index in [1.54, 1.807) is 0 Å². The molecule has 6 nitrogen and oxygen atoms in total. The fourth-order valence-corrected chi connectivity index (χ4v) is 5.95. The van der Waals surface area contributed by atoms with Gasteiger partial charge in [-0.2, -0.15) is 0 Å². The number of hydrogen-bond acceptors (Lipinski definition) is 5. The van der Waals surface area contributed by atoms with Crippen molar-refractivity contribution >= 4 is 5.91 Å². The Balaban J connectivity index is 3.70. The fourth-order valence-electron chi connectivity index (χ4n) is 5.95. The first-order valence-corrected chi connectivity index (χ1v) is 19.8. The molecule has 0 radical (unpaired) electrons. The minimum Gasteiger partial charge on any atom is -0.394 e. The molecule has 5 N–H and O–H groups in total. The van der Waals surface area contributed by atoms with Gasteiger partial charge in [0.1, 0.15) is 12.2 Å². The zero-order valence-corrected chi connectivity index (χ0v) is 30.8. The maximum Gasteiger partial charge on any atom is 0.249 e. The third kappa shape index (κ3) is 30.3. The third-order valence-corrected chi connectivity index (χ3v) is 9.15. The number of amides is 1. The number of unbranched alkanes of at least 4 members (excludes halogenated alkanes) is 21. The van der Waals surface area contributed by atoms with Crippen molar-refractivity contribution < 1.29 is 25.2 Å². The Morgan fingerprint density at radius 1 is 0.553 bits per heavy atom. The number of aliphatic hydroxyl groups is 4. The molecule has 0 aromatic carbocycles. The topological polar surface area (TPSA) is 110 Å². The van der Waals surface area contributed by atoms with E-state index in [9.17, 15) is 25.2 Å². The molecule has 0 saturated heterocycles. The monoisotopic (exact) mass is 664 g/mol. The van der Waals surface area contributed by atoms with Gasteiger partial charge in [0, 0.05) is 0 Å². The Morgan fingerprint density at radius 2 is 0.979 bits per heavy atom. The van der Waals surface area contributed by atoms with Crippen LogP contribution in [0, 0.1) is 0 Å². The zero-order chi connectivity index (χ0) is 34.6. The summed E-state index contributed by atoms with van der Waals surface area (Å²) in [6, 6.07) is -1.01. The van der Waals surface area contributed by atoms with Gasteiger partial charge in [0.2, 0.25) is 5.91 Å². The van der Waals surface area contributed by atoms with Crippen molar-refractivity contribution in [2.24, 2.45) is 0 Å². The van der Waals surface area contributed by atoms with Crippen LogP contribution in [-0.2, 0) is 4.79 Å². The van der Waals surface area contributed by atoms with E-state index in [-0.39, 0.29) is 0 Å². The van der Waals surface area contributed by atoms with Gasteiger partial charge in [0.05, 0.1) is 18.8 Å². The normalized spacial score (nSPS) is 14.8. The average Bonchev–Trinajstić information content (AvgIpc) is 3.08. The molecule has 0 rings (SSSR count). The van der Waals surface area contributed by atoms with E-state index >= 15 is 0 Å². The van der Waals surface area contributed by atoms with E-state index in [1.165, 1.54) is 116 Å². The second-order valence-electron chi connectivity index (χ2n) is 13.6. The molecule has 47 heavy (non-hydrogen) atoms. The van der Waals surface area contributed by atoms with Crippen molar-refractivity contribution in [1.29, 1.82) is 0 Å². The Labute approximate surface area is 290 Å². The van der Waals surface area contributed by atoms with Crippen molar-refractivity contribution in [2.75, 3.05) is 6.61 Å². The molecule has 0 aliphatic rings. The number of allylic oxidation sites excluding steroid dienone is 6. The Bertz CT molecular complexity index is 752. The zero-order valence-electron chi connectivity index (χ0n) is 30.8. The molecule has 6 heteroatoms. The van der Waals surface area contributed by atoms with Crippen LogP contribution in [0.1, 0.15) is 187 Å². The lowest BCUT2D eigenvalue weighted by Gasteiger charge is -2.27. The van der Waals surface area contributed by atoms with Crippen molar-refractivity contribution in [2.45, 2.75) is 212 Å². The number of rotatable bonds is 35. The van der Waals surface area contributed by atoms with Gasteiger partial charge in [-0.25, -0.2) is 0 Å².